The van der Waals surface area contributed by atoms with Crippen LogP contribution in [0.2, 0.25) is 0 Å². The molecule has 2 aromatic carbocycles. The van der Waals surface area contributed by atoms with E-state index in [1.165, 1.54) is 0 Å². The lowest BCUT2D eigenvalue weighted by Crippen LogP contribution is -2.34. The minimum atomic E-state index is -0.109. The van der Waals surface area contributed by atoms with Crippen molar-refractivity contribution < 1.29 is 9.84 Å². The van der Waals surface area contributed by atoms with Gasteiger partial charge < -0.3 is 14.8 Å². The van der Waals surface area contributed by atoms with E-state index in [0.29, 0.717) is 31.6 Å². The number of tetrazole rings is 1. The van der Waals surface area contributed by atoms with Gasteiger partial charge in [-0.1, -0.05) is 37.1 Å². The number of methoxy groups -OCH3 is 1. The van der Waals surface area contributed by atoms with Crippen molar-refractivity contribution in [3.63, 3.8) is 0 Å². The number of aromatic nitrogens is 5. The van der Waals surface area contributed by atoms with E-state index in [2.05, 4.69) is 38.4 Å². The molecule has 9 heteroatoms. The summed E-state index contributed by atoms with van der Waals surface area (Å²) in [7, 11) is 1.65. The van der Waals surface area contributed by atoms with Crippen LogP contribution in [-0.4, -0.2) is 55.5 Å². The Hall–Kier alpha value is -3.56. The number of pyridine rings is 1. The lowest BCUT2D eigenvalue weighted by atomic mass is 10.1. The number of fused-ring (bicyclic) bond motifs is 1. The van der Waals surface area contributed by atoms with Crippen molar-refractivity contribution in [1.29, 1.82) is 0 Å². The minimum Gasteiger partial charge on any atom is -0.497 e. The molecule has 0 radical (unpaired) electrons. The molecule has 2 N–H and O–H groups in total. The van der Waals surface area contributed by atoms with Crippen molar-refractivity contribution in [2.75, 3.05) is 20.3 Å². The third-order valence-corrected chi connectivity index (χ3v) is 6.41. The Balaban J connectivity index is 1.66. The number of benzene rings is 2. The summed E-state index contributed by atoms with van der Waals surface area (Å²) in [5, 5.41) is 23.3. The molecule has 9 nitrogen and oxygen atoms in total. The average Bonchev–Trinajstić information content (AvgIpc) is 3.34. The van der Waals surface area contributed by atoms with Gasteiger partial charge in [0.15, 0.2) is 5.82 Å². The van der Waals surface area contributed by atoms with Gasteiger partial charge in [0.05, 0.1) is 19.7 Å². The molecular formula is C27H34N6O3. The van der Waals surface area contributed by atoms with Crippen LogP contribution in [0.4, 0.5) is 0 Å². The molecule has 0 aliphatic rings. The van der Waals surface area contributed by atoms with Crippen LogP contribution in [0.1, 0.15) is 54.7 Å². The standard InChI is InChI=1S/C27H34N6O3/c1-4-6-25(26-29-30-31-33(26)17-20-8-10-23(36-3)11-9-20)32(13-5-14-34)18-22-16-21-15-19(2)7-12-24(21)28-27(22)35/h7-12,15-16,25,34H,4-6,13-14,17-18H2,1-3H3,(H,28,35). The number of aryl methyl sites for hydroxylation is 1. The third kappa shape index (κ3) is 5.98. The predicted octanol–water partition coefficient (Wildman–Crippen LogP) is 3.61. The first-order valence-corrected chi connectivity index (χ1v) is 12.4. The second kappa shape index (κ2) is 11.9. The lowest BCUT2D eigenvalue weighted by molar-refractivity contribution is 0.148. The summed E-state index contributed by atoms with van der Waals surface area (Å²) in [5.41, 5.74) is 3.60. The number of nitrogens with one attached hydrogen (secondary N) is 1. The quantitative estimate of drug-likeness (QED) is 0.312. The van der Waals surface area contributed by atoms with E-state index in [1.54, 1.807) is 7.11 Å². The van der Waals surface area contributed by atoms with E-state index in [0.717, 1.165) is 46.4 Å². The molecule has 0 aliphatic carbocycles. The number of ether oxygens (including phenoxy) is 1. The summed E-state index contributed by atoms with van der Waals surface area (Å²) < 4.78 is 7.09. The molecule has 4 rings (SSSR count). The second-order valence-electron chi connectivity index (χ2n) is 9.11. The van der Waals surface area contributed by atoms with Gasteiger partial charge in [-0.15, -0.1) is 5.10 Å². The molecule has 0 saturated heterocycles. The Morgan fingerprint density at radius 2 is 1.97 bits per heavy atom. The molecule has 1 atom stereocenters. The maximum Gasteiger partial charge on any atom is 0.252 e. The Morgan fingerprint density at radius 3 is 2.69 bits per heavy atom. The van der Waals surface area contributed by atoms with Gasteiger partial charge in [-0.2, -0.15) is 0 Å². The zero-order valence-electron chi connectivity index (χ0n) is 21.1. The number of aliphatic hydroxyl groups is 1. The smallest absolute Gasteiger partial charge is 0.252 e. The summed E-state index contributed by atoms with van der Waals surface area (Å²) in [5.74, 6) is 1.55. The molecule has 36 heavy (non-hydrogen) atoms. The van der Waals surface area contributed by atoms with E-state index >= 15 is 0 Å². The normalized spacial score (nSPS) is 12.4. The molecule has 0 spiro atoms. The first-order valence-electron chi connectivity index (χ1n) is 12.4. The van der Waals surface area contributed by atoms with Gasteiger partial charge in [0.1, 0.15) is 5.75 Å². The molecule has 2 aromatic heterocycles. The highest BCUT2D eigenvalue weighted by Gasteiger charge is 2.26. The average molecular weight is 491 g/mol. The van der Waals surface area contributed by atoms with Crippen LogP contribution in [0.15, 0.2) is 53.3 Å². The van der Waals surface area contributed by atoms with Crippen molar-refractivity contribution in [3.05, 3.63) is 81.4 Å². The molecule has 0 bridgehead atoms. The number of aliphatic hydroxyl groups excluding tert-OH is 1. The van der Waals surface area contributed by atoms with Gasteiger partial charge in [0, 0.05) is 30.8 Å². The number of hydrogen-bond acceptors (Lipinski definition) is 7. The van der Waals surface area contributed by atoms with E-state index < -0.39 is 0 Å². The highest BCUT2D eigenvalue weighted by Crippen LogP contribution is 2.27. The predicted molar refractivity (Wildman–Crippen MR) is 139 cm³/mol. The summed E-state index contributed by atoms with van der Waals surface area (Å²) in [6, 6.07) is 15.7. The van der Waals surface area contributed by atoms with Crippen molar-refractivity contribution >= 4 is 10.9 Å². The Labute approximate surface area is 210 Å². The monoisotopic (exact) mass is 490 g/mol. The van der Waals surface area contributed by atoms with Crippen molar-refractivity contribution in [2.45, 2.75) is 52.2 Å². The van der Waals surface area contributed by atoms with Gasteiger partial charge in [-0.25, -0.2) is 4.68 Å². The number of rotatable bonds is 12. The molecular weight excluding hydrogens is 456 g/mol. The highest BCUT2D eigenvalue weighted by molar-refractivity contribution is 5.79. The topological polar surface area (TPSA) is 109 Å². The van der Waals surface area contributed by atoms with E-state index in [9.17, 15) is 9.90 Å². The van der Waals surface area contributed by atoms with E-state index in [-0.39, 0.29) is 18.2 Å². The molecule has 4 aromatic rings. The zero-order chi connectivity index (χ0) is 25.5. The van der Waals surface area contributed by atoms with Gasteiger partial charge in [0.25, 0.3) is 5.56 Å². The molecule has 0 amide bonds. The van der Waals surface area contributed by atoms with Gasteiger partial charge >= 0.3 is 0 Å². The number of nitrogens with zero attached hydrogens (tertiary/aromatic N) is 5. The number of aromatic amines is 1. The van der Waals surface area contributed by atoms with Crippen LogP contribution in [0.25, 0.3) is 10.9 Å². The van der Waals surface area contributed by atoms with Crippen LogP contribution in [-0.2, 0) is 13.1 Å². The van der Waals surface area contributed by atoms with Gasteiger partial charge in [-0.3, -0.25) is 9.69 Å². The van der Waals surface area contributed by atoms with Crippen LogP contribution < -0.4 is 10.3 Å². The Morgan fingerprint density at radius 1 is 1.17 bits per heavy atom. The lowest BCUT2D eigenvalue weighted by Gasteiger charge is -2.30. The molecule has 0 saturated carbocycles. The largest absolute Gasteiger partial charge is 0.497 e. The fraction of sp³-hybridized carbons (Fsp3) is 0.407. The Kier molecular flexibility index (Phi) is 8.45. The summed E-state index contributed by atoms with van der Waals surface area (Å²) in [6.07, 6.45) is 2.33. The van der Waals surface area contributed by atoms with Crippen LogP contribution in [0.5, 0.6) is 5.75 Å². The SMILES string of the molecule is CCCC(c1nnnn1Cc1ccc(OC)cc1)N(CCCO)Cc1cc2cc(C)ccc2[nH]c1=O. The van der Waals surface area contributed by atoms with Gasteiger partial charge in [0.2, 0.25) is 0 Å². The first kappa shape index (κ1) is 25.5. The number of hydrogen-bond donors (Lipinski definition) is 2. The summed E-state index contributed by atoms with van der Waals surface area (Å²) in [6.45, 7) is 5.80. The third-order valence-electron chi connectivity index (χ3n) is 6.41. The van der Waals surface area contributed by atoms with Crippen molar-refractivity contribution in [1.82, 2.24) is 30.1 Å². The molecule has 0 fully saturated rings. The van der Waals surface area contributed by atoms with Crippen molar-refractivity contribution in [3.8, 4) is 5.75 Å². The fourth-order valence-corrected chi connectivity index (χ4v) is 4.54. The van der Waals surface area contributed by atoms with Gasteiger partial charge in [-0.05, 0) is 71.5 Å². The minimum absolute atomic E-state index is 0.0689. The van der Waals surface area contributed by atoms with Crippen LogP contribution in [0, 0.1) is 6.92 Å². The van der Waals surface area contributed by atoms with Crippen molar-refractivity contribution in [2.24, 2.45) is 0 Å². The molecule has 2 heterocycles. The zero-order valence-corrected chi connectivity index (χ0v) is 21.1. The highest BCUT2D eigenvalue weighted by atomic mass is 16.5. The van der Waals surface area contributed by atoms with E-state index in [4.69, 9.17) is 4.74 Å². The summed E-state index contributed by atoms with van der Waals surface area (Å²) >= 11 is 0. The van der Waals surface area contributed by atoms with Crippen LogP contribution >= 0.6 is 0 Å². The fourth-order valence-electron chi connectivity index (χ4n) is 4.54. The van der Waals surface area contributed by atoms with Crippen LogP contribution in [0.3, 0.4) is 0 Å². The first-order chi connectivity index (χ1) is 17.5. The second-order valence-corrected chi connectivity index (χ2v) is 9.11. The number of H-pyrrole nitrogens is 1. The molecule has 1 unspecified atom stereocenters. The Bertz CT molecular complexity index is 1330. The maximum absolute atomic E-state index is 13.0. The maximum atomic E-state index is 13.0. The summed E-state index contributed by atoms with van der Waals surface area (Å²) in [4.78, 5) is 18.2. The molecule has 190 valence electrons. The van der Waals surface area contributed by atoms with E-state index in [1.807, 2.05) is 54.1 Å². The molecule has 0 aliphatic heterocycles.